The van der Waals surface area contributed by atoms with E-state index in [2.05, 4.69) is 71.7 Å². The molecule has 7 nitrogen and oxygen atoms in total. The second kappa shape index (κ2) is 13.6. The lowest BCUT2D eigenvalue weighted by atomic mass is 9.88. The van der Waals surface area contributed by atoms with Gasteiger partial charge < -0.3 is 19.1 Å². The molecule has 2 aromatic carbocycles. The summed E-state index contributed by atoms with van der Waals surface area (Å²) in [7, 11) is 0. The van der Waals surface area contributed by atoms with E-state index in [0.29, 0.717) is 32.1 Å². The van der Waals surface area contributed by atoms with Crippen LogP contribution in [0.25, 0.3) is 22.0 Å². The van der Waals surface area contributed by atoms with Crippen LogP contribution < -0.4 is 9.47 Å². The van der Waals surface area contributed by atoms with Gasteiger partial charge in [0.25, 0.3) is 0 Å². The molecule has 240 valence electrons. The fourth-order valence-corrected chi connectivity index (χ4v) is 6.51. The molecule has 0 spiro atoms. The summed E-state index contributed by atoms with van der Waals surface area (Å²) >= 11 is 1.77. The van der Waals surface area contributed by atoms with E-state index in [-0.39, 0.29) is 4.75 Å². The van der Waals surface area contributed by atoms with Gasteiger partial charge in [-0.25, -0.2) is 4.98 Å². The third-order valence-electron chi connectivity index (χ3n) is 7.70. The Bertz CT molecular complexity index is 1820. The van der Waals surface area contributed by atoms with Crippen LogP contribution >= 0.6 is 11.8 Å². The number of ether oxygens (including phenoxy) is 2. The molecule has 0 aliphatic heterocycles. The van der Waals surface area contributed by atoms with Crippen molar-refractivity contribution in [1.29, 1.82) is 0 Å². The second-order valence-electron chi connectivity index (χ2n) is 13.2. The topological polar surface area (TPSA) is 86.5 Å². The zero-order chi connectivity index (χ0) is 33.1. The van der Waals surface area contributed by atoms with Crippen LogP contribution in [0.3, 0.4) is 0 Å². The number of carbonyl (C=O) groups is 1. The summed E-state index contributed by atoms with van der Waals surface area (Å²) in [6.45, 7) is 15.7. The van der Waals surface area contributed by atoms with Gasteiger partial charge in [-0.05, 0) is 80.8 Å². The summed E-state index contributed by atoms with van der Waals surface area (Å²) in [5, 5.41) is 11.2. The predicted molar refractivity (Wildman–Crippen MR) is 186 cm³/mol. The van der Waals surface area contributed by atoms with Crippen LogP contribution in [0.4, 0.5) is 0 Å². The number of pyridine rings is 2. The normalized spacial score (nSPS) is 12.0. The Labute approximate surface area is 276 Å². The van der Waals surface area contributed by atoms with Crippen molar-refractivity contribution < 1.29 is 19.4 Å². The number of hydrogen-bond donors (Lipinski definition) is 1. The standard InChI is InChI=1S/C38H43N3O4S/c1-8-44-34-16-13-28(22-40-34)27-11-9-26(10-12-27)23-41-32-15-14-30(45-24-29-19-25(2)17-18-39-29)20-31(32)35(46-37(3,4)5)33(41)21-38(6,7)36(42)43/h9-20,22H,8,21,23-24H2,1-7H3,(H,42,43). The van der Waals surface area contributed by atoms with E-state index >= 15 is 0 Å². The summed E-state index contributed by atoms with van der Waals surface area (Å²) in [6, 6.07) is 22.6. The number of nitrogens with zero attached hydrogens (tertiary/aromatic N) is 3. The van der Waals surface area contributed by atoms with E-state index in [1.54, 1.807) is 31.8 Å². The molecule has 46 heavy (non-hydrogen) atoms. The van der Waals surface area contributed by atoms with Gasteiger partial charge >= 0.3 is 5.97 Å². The predicted octanol–water partition coefficient (Wildman–Crippen LogP) is 8.98. The fraction of sp³-hybridized carbons (Fsp3) is 0.342. The molecule has 1 N–H and O–H groups in total. The SMILES string of the molecule is CCOc1ccc(-c2ccc(Cn3c(CC(C)(C)C(=O)O)c(SC(C)(C)C)c4cc(OCc5cc(C)ccn5)ccc43)cc2)cn1. The highest BCUT2D eigenvalue weighted by atomic mass is 32.2. The van der Waals surface area contributed by atoms with E-state index in [1.807, 2.05) is 50.4 Å². The Morgan fingerprint density at radius 3 is 2.28 bits per heavy atom. The summed E-state index contributed by atoms with van der Waals surface area (Å²) in [6.07, 6.45) is 4.01. The molecule has 0 bridgehead atoms. The summed E-state index contributed by atoms with van der Waals surface area (Å²) in [5.74, 6) is 0.545. The molecule has 8 heteroatoms. The Hall–Kier alpha value is -4.30. The number of aromatic nitrogens is 3. The van der Waals surface area contributed by atoms with Gasteiger partial charge in [0.2, 0.25) is 5.88 Å². The first-order valence-corrected chi connectivity index (χ1v) is 16.4. The number of fused-ring (bicyclic) bond motifs is 1. The maximum absolute atomic E-state index is 12.4. The smallest absolute Gasteiger partial charge is 0.309 e. The Morgan fingerprint density at radius 2 is 1.65 bits per heavy atom. The molecule has 5 rings (SSSR count). The molecular weight excluding hydrogens is 595 g/mol. The quantitative estimate of drug-likeness (QED) is 0.137. The van der Waals surface area contributed by atoms with Crippen molar-refractivity contribution in [3.8, 4) is 22.8 Å². The van der Waals surface area contributed by atoms with Gasteiger partial charge in [-0.15, -0.1) is 11.8 Å². The number of carboxylic acids is 1. The molecule has 0 aliphatic carbocycles. The number of carboxylic acid groups (broad SMARTS) is 1. The molecule has 3 aromatic heterocycles. The van der Waals surface area contributed by atoms with E-state index in [1.165, 1.54) is 0 Å². The van der Waals surface area contributed by atoms with E-state index in [0.717, 1.165) is 55.2 Å². The number of aliphatic carboxylic acids is 1. The number of rotatable bonds is 12. The fourth-order valence-electron chi connectivity index (χ4n) is 5.32. The van der Waals surface area contributed by atoms with Gasteiger partial charge in [-0.2, -0.15) is 0 Å². The van der Waals surface area contributed by atoms with Crippen LogP contribution in [-0.4, -0.2) is 37.0 Å². The van der Waals surface area contributed by atoms with Gasteiger partial charge in [0.1, 0.15) is 12.4 Å². The zero-order valence-electron chi connectivity index (χ0n) is 27.8. The van der Waals surface area contributed by atoms with E-state index in [4.69, 9.17) is 9.47 Å². The number of hydrogen-bond acceptors (Lipinski definition) is 6. The Balaban J connectivity index is 1.55. The zero-order valence-corrected chi connectivity index (χ0v) is 28.6. The Morgan fingerprint density at radius 1 is 0.913 bits per heavy atom. The van der Waals surface area contributed by atoms with Crippen LogP contribution in [0.1, 0.15) is 64.1 Å². The van der Waals surface area contributed by atoms with Crippen molar-refractivity contribution in [1.82, 2.24) is 14.5 Å². The molecule has 3 heterocycles. The number of thioether (sulfide) groups is 1. The molecular formula is C38H43N3O4S. The lowest BCUT2D eigenvalue weighted by Crippen LogP contribution is -2.28. The second-order valence-corrected chi connectivity index (χ2v) is 15.1. The van der Waals surface area contributed by atoms with Gasteiger partial charge in [-0.3, -0.25) is 9.78 Å². The average Bonchev–Trinajstić information content (AvgIpc) is 3.26. The average molecular weight is 638 g/mol. The van der Waals surface area contributed by atoms with Crippen LogP contribution in [0.15, 0.2) is 84.0 Å². The largest absolute Gasteiger partial charge is 0.487 e. The summed E-state index contributed by atoms with van der Waals surface area (Å²) in [5.41, 5.74) is 6.31. The maximum Gasteiger partial charge on any atom is 0.309 e. The lowest BCUT2D eigenvalue weighted by Gasteiger charge is -2.24. The minimum Gasteiger partial charge on any atom is -0.487 e. The molecule has 0 radical (unpaired) electrons. The van der Waals surface area contributed by atoms with Crippen molar-refractivity contribution in [3.05, 3.63) is 102 Å². The van der Waals surface area contributed by atoms with Crippen molar-refractivity contribution in [2.24, 2.45) is 5.41 Å². The van der Waals surface area contributed by atoms with Gasteiger partial charge in [0.05, 0.1) is 17.7 Å². The maximum atomic E-state index is 12.4. The monoisotopic (exact) mass is 637 g/mol. The third-order valence-corrected chi connectivity index (χ3v) is 8.98. The van der Waals surface area contributed by atoms with E-state index in [9.17, 15) is 9.90 Å². The molecule has 0 unspecified atom stereocenters. The highest BCUT2D eigenvalue weighted by Gasteiger charge is 2.33. The molecule has 0 saturated heterocycles. The Kier molecular flexibility index (Phi) is 9.77. The third kappa shape index (κ3) is 7.91. The van der Waals surface area contributed by atoms with E-state index < -0.39 is 11.4 Å². The van der Waals surface area contributed by atoms with Gasteiger partial charge in [0.15, 0.2) is 0 Å². The van der Waals surface area contributed by atoms with Crippen molar-refractivity contribution in [2.75, 3.05) is 6.61 Å². The first-order chi connectivity index (χ1) is 21.8. The number of benzene rings is 2. The van der Waals surface area contributed by atoms with Crippen LogP contribution in [-0.2, 0) is 24.4 Å². The van der Waals surface area contributed by atoms with Gasteiger partial charge in [-0.1, -0.05) is 45.0 Å². The first-order valence-electron chi connectivity index (χ1n) is 15.6. The molecule has 0 aliphatic rings. The molecule has 5 aromatic rings. The number of aryl methyl sites for hydroxylation is 1. The van der Waals surface area contributed by atoms with Gasteiger partial charge in [0, 0.05) is 63.2 Å². The first kappa shape index (κ1) is 33.1. The van der Waals surface area contributed by atoms with Crippen LogP contribution in [0.5, 0.6) is 11.6 Å². The highest BCUT2D eigenvalue weighted by Crippen LogP contribution is 2.44. The van der Waals surface area contributed by atoms with Crippen LogP contribution in [0.2, 0.25) is 0 Å². The van der Waals surface area contributed by atoms with Crippen LogP contribution in [0, 0.1) is 12.3 Å². The summed E-state index contributed by atoms with van der Waals surface area (Å²) in [4.78, 5) is 22.3. The van der Waals surface area contributed by atoms with Crippen molar-refractivity contribution in [3.63, 3.8) is 0 Å². The van der Waals surface area contributed by atoms with Crippen molar-refractivity contribution >= 4 is 28.6 Å². The van der Waals surface area contributed by atoms with Crippen molar-refractivity contribution in [2.45, 2.75) is 77.7 Å². The molecule has 0 fully saturated rings. The molecule has 0 amide bonds. The summed E-state index contributed by atoms with van der Waals surface area (Å²) < 4.78 is 13.9. The minimum atomic E-state index is -0.958. The minimum absolute atomic E-state index is 0.100. The molecule has 0 saturated carbocycles. The highest BCUT2D eigenvalue weighted by molar-refractivity contribution is 8.00. The molecule has 0 atom stereocenters. The lowest BCUT2D eigenvalue weighted by molar-refractivity contribution is -0.146.